The van der Waals surface area contributed by atoms with Gasteiger partial charge < -0.3 is 9.16 Å². The molecular formula is C17H34O3Si. The van der Waals surface area contributed by atoms with Gasteiger partial charge in [0.15, 0.2) is 8.32 Å². The lowest BCUT2D eigenvalue weighted by Crippen LogP contribution is -2.41. The zero-order chi connectivity index (χ0) is 17.1. The molecule has 21 heavy (non-hydrogen) atoms. The fourth-order valence-electron chi connectivity index (χ4n) is 1.46. The van der Waals surface area contributed by atoms with Crippen LogP contribution in [0.5, 0.6) is 0 Å². The topological polar surface area (TPSA) is 35.5 Å². The molecule has 0 fully saturated rings. The van der Waals surface area contributed by atoms with E-state index < -0.39 is 13.9 Å². The number of carbonyl (C=O) groups is 1. The third-order valence-corrected chi connectivity index (χ3v) is 8.27. The van der Waals surface area contributed by atoms with Gasteiger partial charge in [0.1, 0.15) is 5.60 Å². The second-order valence-corrected chi connectivity index (χ2v) is 13.2. The third kappa shape index (κ3) is 7.81. The molecule has 0 aliphatic heterocycles. The van der Waals surface area contributed by atoms with Crippen molar-refractivity contribution in [3.63, 3.8) is 0 Å². The van der Waals surface area contributed by atoms with Crippen molar-refractivity contribution in [1.82, 2.24) is 0 Å². The van der Waals surface area contributed by atoms with Gasteiger partial charge in [-0.25, -0.2) is 4.79 Å². The zero-order valence-corrected chi connectivity index (χ0v) is 16.6. The standard InChI is InChI=1S/C17H34O3Si/c1-13(12-19-21(9,10)17(6,7)8)11-14(2)15(18)20-16(3,4)5/h11,13H,12H2,1-10H3/b14-11+/t13-/m0/s1. The van der Waals surface area contributed by atoms with Gasteiger partial charge in [0.25, 0.3) is 0 Å². The largest absolute Gasteiger partial charge is 0.457 e. The van der Waals surface area contributed by atoms with Crippen molar-refractivity contribution in [2.24, 2.45) is 5.92 Å². The number of ether oxygens (including phenoxy) is 1. The minimum atomic E-state index is -1.73. The minimum absolute atomic E-state index is 0.201. The Kier molecular flexibility index (Phi) is 6.89. The monoisotopic (exact) mass is 314 g/mol. The summed E-state index contributed by atoms with van der Waals surface area (Å²) in [4.78, 5) is 11.9. The molecule has 0 saturated carbocycles. The fourth-order valence-corrected chi connectivity index (χ4v) is 2.57. The van der Waals surface area contributed by atoms with E-state index in [0.717, 1.165) is 0 Å². The van der Waals surface area contributed by atoms with Crippen molar-refractivity contribution in [3.05, 3.63) is 11.6 Å². The van der Waals surface area contributed by atoms with E-state index in [0.29, 0.717) is 12.2 Å². The number of hydrogen-bond acceptors (Lipinski definition) is 3. The molecule has 0 saturated heterocycles. The Morgan fingerprint density at radius 3 is 2.00 bits per heavy atom. The van der Waals surface area contributed by atoms with Crippen LogP contribution in [0, 0.1) is 5.92 Å². The van der Waals surface area contributed by atoms with E-state index in [4.69, 9.17) is 9.16 Å². The molecule has 0 radical (unpaired) electrons. The van der Waals surface area contributed by atoms with Crippen LogP contribution in [0.2, 0.25) is 18.1 Å². The lowest BCUT2D eigenvalue weighted by atomic mass is 10.1. The lowest BCUT2D eigenvalue weighted by molar-refractivity contribution is -0.149. The van der Waals surface area contributed by atoms with E-state index in [1.165, 1.54) is 0 Å². The first kappa shape index (κ1) is 20.4. The van der Waals surface area contributed by atoms with Crippen molar-refractivity contribution >= 4 is 14.3 Å². The van der Waals surface area contributed by atoms with Gasteiger partial charge in [0.2, 0.25) is 0 Å². The molecule has 1 atom stereocenters. The summed E-state index contributed by atoms with van der Waals surface area (Å²) < 4.78 is 11.5. The first-order valence-corrected chi connectivity index (χ1v) is 10.6. The van der Waals surface area contributed by atoms with Crippen molar-refractivity contribution in [2.45, 2.75) is 79.1 Å². The Bertz CT molecular complexity index is 384. The van der Waals surface area contributed by atoms with Gasteiger partial charge in [-0.2, -0.15) is 0 Å². The quantitative estimate of drug-likeness (QED) is 0.410. The van der Waals surface area contributed by atoms with Crippen molar-refractivity contribution in [3.8, 4) is 0 Å². The van der Waals surface area contributed by atoms with Crippen molar-refractivity contribution < 1.29 is 14.0 Å². The summed E-state index contributed by atoms with van der Waals surface area (Å²) in [6.07, 6.45) is 1.95. The van der Waals surface area contributed by atoms with Crippen molar-refractivity contribution in [1.29, 1.82) is 0 Å². The van der Waals surface area contributed by atoms with E-state index >= 15 is 0 Å². The number of esters is 1. The summed E-state index contributed by atoms with van der Waals surface area (Å²) in [6.45, 7) is 21.3. The summed E-state index contributed by atoms with van der Waals surface area (Å²) in [7, 11) is -1.73. The van der Waals surface area contributed by atoms with Crippen LogP contribution in [-0.4, -0.2) is 26.5 Å². The summed E-state index contributed by atoms with van der Waals surface area (Å²) in [5, 5.41) is 0.205. The molecule has 0 aliphatic carbocycles. The summed E-state index contributed by atoms with van der Waals surface area (Å²) in [6, 6.07) is 0. The highest BCUT2D eigenvalue weighted by atomic mass is 28.4. The Morgan fingerprint density at radius 1 is 1.14 bits per heavy atom. The predicted molar refractivity (Wildman–Crippen MR) is 91.9 cm³/mol. The predicted octanol–water partition coefficient (Wildman–Crippen LogP) is 4.93. The summed E-state index contributed by atoms with van der Waals surface area (Å²) >= 11 is 0. The maximum atomic E-state index is 11.9. The number of rotatable bonds is 5. The summed E-state index contributed by atoms with van der Waals surface area (Å²) in [5.74, 6) is -0.0479. The number of carbonyl (C=O) groups excluding carboxylic acids is 1. The average molecular weight is 315 g/mol. The van der Waals surface area contributed by atoms with Crippen LogP contribution in [0.25, 0.3) is 0 Å². The maximum absolute atomic E-state index is 11.9. The highest BCUT2D eigenvalue weighted by Crippen LogP contribution is 2.36. The first-order chi connectivity index (χ1) is 9.16. The van der Waals surface area contributed by atoms with E-state index in [1.807, 2.05) is 26.8 Å². The normalized spacial score (nSPS) is 15.8. The zero-order valence-electron chi connectivity index (χ0n) is 15.6. The molecule has 0 rings (SSSR count). The average Bonchev–Trinajstić information content (AvgIpc) is 2.22. The van der Waals surface area contributed by atoms with Gasteiger partial charge in [-0.3, -0.25) is 0 Å². The molecule has 3 nitrogen and oxygen atoms in total. The van der Waals surface area contributed by atoms with Crippen LogP contribution < -0.4 is 0 Å². The van der Waals surface area contributed by atoms with Crippen LogP contribution in [-0.2, 0) is 14.0 Å². The second-order valence-electron chi connectivity index (χ2n) is 8.40. The molecule has 0 spiro atoms. The van der Waals surface area contributed by atoms with E-state index in [1.54, 1.807) is 6.92 Å². The Morgan fingerprint density at radius 2 is 1.62 bits per heavy atom. The molecule has 0 unspecified atom stereocenters. The van der Waals surface area contributed by atoms with Crippen LogP contribution in [0.4, 0.5) is 0 Å². The van der Waals surface area contributed by atoms with E-state index in [9.17, 15) is 4.79 Å². The molecule has 124 valence electrons. The van der Waals surface area contributed by atoms with Crippen LogP contribution >= 0.6 is 0 Å². The highest BCUT2D eigenvalue weighted by Gasteiger charge is 2.37. The van der Waals surface area contributed by atoms with Gasteiger partial charge in [0, 0.05) is 12.2 Å². The van der Waals surface area contributed by atoms with Gasteiger partial charge in [-0.15, -0.1) is 0 Å². The first-order valence-electron chi connectivity index (χ1n) is 7.71. The smallest absolute Gasteiger partial charge is 0.333 e. The minimum Gasteiger partial charge on any atom is -0.457 e. The van der Waals surface area contributed by atoms with Gasteiger partial charge in [-0.1, -0.05) is 33.8 Å². The molecule has 0 aromatic heterocycles. The third-order valence-electron chi connectivity index (χ3n) is 3.77. The van der Waals surface area contributed by atoms with Crippen LogP contribution in [0.1, 0.15) is 55.4 Å². The van der Waals surface area contributed by atoms with Gasteiger partial charge >= 0.3 is 5.97 Å². The van der Waals surface area contributed by atoms with Gasteiger partial charge in [-0.05, 0) is 51.7 Å². The molecule has 4 heteroatoms. The van der Waals surface area contributed by atoms with Crippen LogP contribution in [0.15, 0.2) is 11.6 Å². The second kappa shape index (κ2) is 7.10. The van der Waals surface area contributed by atoms with E-state index in [2.05, 4.69) is 40.8 Å². The Labute approximate surface area is 132 Å². The lowest BCUT2D eigenvalue weighted by Gasteiger charge is -2.36. The molecule has 0 aromatic carbocycles. The van der Waals surface area contributed by atoms with Crippen LogP contribution in [0.3, 0.4) is 0 Å². The van der Waals surface area contributed by atoms with E-state index in [-0.39, 0.29) is 16.9 Å². The Balaban J connectivity index is 4.59. The maximum Gasteiger partial charge on any atom is 0.333 e. The van der Waals surface area contributed by atoms with Gasteiger partial charge in [0.05, 0.1) is 0 Å². The fraction of sp³-hybridized carbons (Fsp3) is 0.824. The SMILES string of the molecule is C/C(=C\[C@H](C)CO[Si](C)(C)C(C)(C)C)C(=O)OC(C)(C)C. The molecule has 0 amide bonds. The highest BCUT2D eigenvalue weighted by molar-refractivity contribution is 6.74. The Hall–Kier alpha value is -0.613. The molecule has 0 heterocycles. The molecule has 0 bridgehead atoms. The molecule has 0 aliphatic rings. The van der Waals surface area contributed by atoms with Crippen molar-refractivity contribution in [2.75, 3.05) is 6.61 Å². The molecular weight excluding hydrogens is 280 g/mol. The number of hydrogen-bond donors (Lipinski definition) is 0. The molecule has 0 aromatic rings. The molecule has 0 N–H and O–H groups in total. The summed E-state index contributed by atoms with van der Waals surface area (Å²) in [5.41, 5.74) is 0.198.